The molecule has 5 N–H and O–H groups in total. The molecule has 1 aliphatic heterocycles. The van der Waals surface area contributed by atoms with E-state index in [-0.39, 0.29) is 18.0 Å². The molecule has 3 aromatic rings. The van der Waals surface area contributed by atoms with Crippen LogP contribution in [-0.2, 0) is 4.79 Å². The second-order valence-electron chi connectivity index (χ2n) is 11.5. The molecule has 5 rings (SSSR count). The molecule has 1 aliphatic carbocycles. The van der Waals surface area contributed by atoms with Crippen LogP contribution in [0.4, 0.5) is 27.9 Å². The Morgan fingerprint density at radius 1 is 0.976 bits per heavy atom. The van der Waals surface area contributed by atoms with E-state index in [4.69, 9.17) is 5.73 Å². The van der Waals surface area contributed by atoms with E-state index in [1.54, 1.807) is 12.3 Å². The van der Waals surface area contributed by atoms with Crippen LogP contribution in [-0.4, -0.2) is 70.1 Å². The number of aromatic nitrogens is 3. The molecule has 2 aliphatic rings. The number of nitrogens with zero attached hydrogens (tertiary/aromatic N) is 5. The van der Waals surface area contributed by atoms with Gasteiger partial charge in [0.1, 0.15) is 5.82 Å². The monoisotopic (exact) mass is 559 g/mol. The molecule has 1 unspecified atom stereocenters. The van der Waals surface area contributed by atoms with Crippen molar-refractivity contribution >= 4 is 46.1 Å². The minimum atomic E-state index is -0.423. The fourth-order valence-corrected chi connectivity index (χ4v) is 5.54. The van der Waals surface area contributed by atoms with Gasteiger partial charge in [0, 0.05) is 55.2 Å². The Balaban J connectivity index is 1.15. The molecular weight excluding hydrogens is 518 g/mol. The highest BCUT2D eigenvalue weighted by Gasteiger charge is 2.26. The molecule has 1 saturated heterocycles. The summed E-state index contributed by atoms with van der Waals surface area (Å²) in [6, 6.07) is 11.2. The van der Waals surface area contributed by atoms with Crippen molar-refractivity contribution in [1.29, 1.82) is 0 Å². The highest BCUT2D eigenvalue weighted by atomic mass is 16.2. The molecule has 0 spiro atoms. The van der Waals surface area contributed by atoms with E-state index in [1.165, 1.54) is 6.42 Å². The number of anilines is 4. The number of amides is 3. The maximum absolute atomic E-state index is 12.7. The van der Waals surface area contributed by atoms with Gasteiger partial charge in [-0.1, -0.05) is 33.1 Å². The van der Waals surface area contributed by atoms with E-state index in [2.05, 4.69) is 61.8 Å². The summed E-state index contributed by atoms with van der Waals surface area (Å²) in [6.45, 7) is 7.04. The Labute approximate surface area is 241 Å². The van der Waals surface area contributed by atoms with Crippen molar-refractivity contribution in [3.05, 3.63) is 42.6 Å². The Hall–Kier alpha value is -3.99. The first kappa shape index (κ1) is 28.5. The third-order valence-corrected chi connectivity index (χ3v) is 7.75. The number of carbonyl (C=O) groups excluding carboxylic acids is 2. The van der Waals surface area contributed by atoms with Gasteiger partial charge < -0.3 is 26.2 Å². The van der Waals surface area contributed by atoms with Gasteiger partial charge in [-0.15, -0.1) is 0 Å². The number of fused-ring (bicyclic) bond motifs is 1. The van der Waals surface area contributed by atoms with E-state index in [1.807, 2.05) is 23.1 Å². The van der Waals surface area contributed by atoms with Gasteiger partial charge in [0.05, 0.1) is 6.04 Å². The zero-order valence-electron chi connectivity index (χ0n) is 24.0. The van der Waals surface area contributed by atoms with Crippen molar-refractivity contribution in [1.82, 2.24) is 25.2 Å². The van der Waals surface area contributed by atoms with Gasteiger partial charge in [-0.05, 0) is 61.6 Å². The van der Waals surface area contributed by atoms with E-state index < -0.39 is 6.04 Å². The first-order valence-corrected chi connectivity index (χ1v) is 14.7. The van der Waals surface area contributed by atoms with Crippen molar-refractivity contribution in [3.8, 4) is 0 Å². The highest BCUT2D eigenvalue weighted by Crippen LogP contribution is 2.23. The normalized spacial score (nSPS) is 17.0. The first-order valence-electron chi connectivity index (χ1n) is 14.7. The summed E-state index contributed by atoms with van der Waals surface area (Å²) in [6.07, 6.45) is 8.01. The fraction of sp³-hybridized carbons (Fsp3) is 0.500. The Morgan fingerprint density at radius 3 is 2.41 bits per heavy atom. The summed E-state index contributed by atoms with van der Waals surface area (Å²) in [7, 11) is 0. The molecular formula is C30H41N9O2. The van der Waals surface area contributed by atoms with Crippen LogP contribution in [0.2, 0.25) is 0 Å². The van der Waals surface area contributed by atoms with Gasteiger partial charge in [0.2, 0.25) is 11.9 Å². The zero-order chi connectivity index (χ0) is 28.8. The smallest absolute Gasteiger partial charge is 0.320 e. The number of hydrogen-bond acceptors (Lipinski definition) is 8. The lowest BCUT2D eigenvalue weighted by molar-refractivity contribution is -0.133. The van der Waals surface area contributed by atoms with Crippen molar-refractivity contribution < 1.29 is 9.59 Å². The molecule has 3 amide bonds. The molecule has 1 aromatic carbocycles. The van der Waals surface area contributed by atoms with Crippen LogP contribution < -0.4 is 26.6 Å². The molecule has 11 heteroatoms. The first-order chi connectivity index (χ1) is 19.8. The summed E-state index contributed by atoms with van der Waals surface area (Å²) in [5.74, 6) is 1.32. The molecule has 1 atom stereocenters. The average molecular weight is 560 g/mol. The number of nitrogens with two attached hydrogens (primary N) is 1. The van der Waals surface area contributed by atoms with Crippen molar-refractivity contribution in [2.24, 2.45) is 11.7 Å². The minimum Gasteiger partial charge on any atom is -0.368 e. The van der Waals surface area contributed by atoms with E-state index in [0.29, 0.717) is 42.8 Å². The second kappa shape index (κ2) is 13.1. The lowest BCUT2D eigenvalue weighted by Gasteiger charge is -2.37. The molecule has 2 aromatic heterocycles. The van der Waals surface area contributed by atoms with Gasteiger partial charge in [-0.25, -0.2) is 14.8 Å². The maximum atomic E-state index is 12.7. The molecule has 11 nitrogen and oxygen atoms in total. The number of hydrogen-bond donors (Lipinski definition) is 4. The number of carbonyl (C=O) groups is 2. The number of nitrogens with one attached hydrogen (secondary N) is 3. The Morgan fingerprint density at radius 2 is 1.71 bits per heavy atom. The van der Waals surface area contributed by atoms with Crippen LogP contribution in [0.3, 0.4) is 0 Å². The number of benzene rings is 1. The van der Waals surface area contributed by atoms with Crippen molar-refractivity contribution in [2.75, 3.05) is 41.7 Å². The zero-order valence-corrected chi connectivity index (χ0v) is 24.0. The number of rotatable bonds is 8. The van der Waals surface area contributed by atoms with E-state index in [9.17, 15) is 9.59 Å². The molecule has 0 radical (unpaired) electrons. The summed E-state index contributed by atoms with van der Waals surface area (Å²) in [5.41, 5.74) is 8.56. The summed E-state index contributed by atoms with van der Waals surface area (Å²) < 4.78 is 0. The largest absolute Gasteiger partial charge is 0.368 e. The molecule has 3 heterocycles. The Kier molecular flexibility index (Phi) is 9.13. The average Bonchev–Trinajstić information content (AvgIpc) is 2.97. The quantitative estimate of drug-likeness (QED) is 0.321. The number of urea groups is 1. The minimum absolute atomic E-state index is 0.0494. The molecule has 2 fully saturated rings. The van der Waals surface area contributed by atoms with Crippen LogP contribution in [0.15, 0.2) is 42.6 Å². The predicted molar refractivity (Wildman–Crippen MR) is 162 cm³/mol. The number of piperazine rings is 1. The molecule has 1 saturated carbocycles. The molecule has 41 heavy (non-hydrogen) atoms. The van der Waals surface area contributed by atoms with Gasteiger partial charge in [-0.2, -0.15) is 4.98 Å². The lowest BCUT2D eigenvalue weighted by Crippen LogP contribution is -2.53. The van der Waals surface area contributed by atoms with E-state index in [0.717, 1.165) is 55.5 Å². The van der Waals surface area contributed by atoms with Crippen LogP contribution in [0.1, 0.15) is 52.4 Å². The van der Waals surface area contributed by atoms with Crippen LogP contribution >= 0.6 is 0 Å². The maximum Gasteiger partial charge on any atom is 0.320 e. The summed E-state index contributed by atoms with van der Waals surface area (Å²) in [4.78, 5) is 42.8. The topological polar surface area (TPSA) is 141 Å². The van der Waals surface area contributed by atoms with Gasteiger partial charge in [0.25, 0.3) is 0 Å². The van der Waals surface area contributed by atoms with Crippen molar-refractivity contribution in [3.63, 3.8) is 0 Å². The fourth-order valence-electron chi connectivity index (χ4n) is 5.54. The van der Waals surface area contributed by atoms with Crippen LogP contribution in [0.5, 0.6) is 0 Å². The van der Waals surface area contributed by atoms with Crippen LogP contribution in [0, 0.1) is 5.92 Å². The standard InChI is InChI=1S/C30H41N9O2/c1-20(2)18-25(31)28(40)39-16-14-38(15-17-39)24-11-9-23(10-12-24)33-29-32-19-21-8-13-26(35-27(21)37-29)36-30(41)34-22-6-4-3-5-7-22/h8-13,19-20,22,25H,3-7,14-18,31H2,1-2H3,(H3,32,33,34,35,36,37,41). The van der Waals surface area contributed by atoms with Gasteiger partial charge >= 0.3 is 6.03 Å². The third-order valence-electron chi connectivity index (χ3n) is 7.75. The SMILES string of the molecule is CC(C)CC(N)C(=O)N1CCN(c2ccc(Nc3ncc4ccc(NC(=O)NC5CCCCC5)nc4n3)cc2)CC1. The third kappa shape index (κ3) is 7.60. The van der Waals surface area contributed by atoms with Crippen molar-refractivity contribution in [2.45, 2.75) is 64.5 Å². The van der Waals surface area contributed by atoms with Gasteiger partial charge in [0.15, 0.2) is 5.65 Å². The molecule has 0 bridgehead atoms. The second-order valence-corrected chi connectivity index (χ2v) is 11.5. The van der Waals surface area contributed by atoms with Gasteiger partial charge in [-0.3, -0.25) is 10.1 Å². The summed E-state index contributed by atoms with van der Waals surface area (Å²) >= 11 is 0. The predicted octanol–water partition coefficient (Wildman–Crippen LogP) is 4.24. The Bertz CT molecular complexity index is 1330. The van der Waals surface area contributed by atoms with E-state index >= 15 is 0 Å². The molecule has 218 valence electrons. The highest BCUT2D eigenvalue weighted by molar-refractivity contribution is 5.90. The summed E-state index contributed by atoms with van der Waals surface area (Å²) in [5, 5.41) is 9.91. The number of pyridine rings is 1. The van der Waals surface area contributed by atoms with Crippen LogP contribution in [0.25, 0.3) is 11.0 Å². The lowest BCUT2D eigenvalue weighted by atomic mass is 9.96.